The Hall–Kier alpha value is -2.77. The van der Waals surface area contributed by atoms with Crippen LogP contribution in [0.15, 0.2) is 33.9 Å². The summed E-state index contributed by atoms with van der Waals surface area (Å²) < 4.78 is 16.1. The van der Waals surface area contributed by atoms with E-state index in [1.165, 1.54) is 27.4 Å². The van der Waals surface area contributed by atoms with Gasteiger partial charge in [-0.1, -0.05) is 6.07 Å². The van der Waals surface area contributed by atoms with Gasteiger partial charge in [-0.3, -0.25) is 19.0 Å². The van der Waals surface area contributed by atoms with Crippen molar-refractivity contribution in [1.29, 1.82) is 0 Å². The summed E-state index contributed by atoms with van der Waals surface area (Å²) in [5.74, 6) is -0.0193. The maximum absolute atomic E-state index is 13.4. The Morgan fingerprint density at radius 2 is 2.08 bits per heavy atom. The average Bonchev–Trinajstić information content (AvgIpc) is 3.02. The first-order chi connectivity index (χ1) is 12.5. The molecule has 0 aliphatic carbocycles. The van der Waals surface area contributed by atoms with E-state index in [-0.39, 0.29) is 17.7 Å². The van der Waals surface area contributed by atoms with Crippen molar-refractivity contribution < 1.29 is 9.18 Å². The summed E-state index contributed by atoms with van der Waals surface area (Å²) in [5.41, 5.74) is -0.845. The van der Waals surface area contributed by atoms with Crippen LogP contribution < -0.4 is 11.1 Å². The number of amides is 1. The monoisotopic (exact) mass is 358 g/mol. The summed E-state index contributed by atoms with van der Waals surface area (Å²) in [6, 6.07) is 5.64. The van der Waals surface area contributed by atoms with Crippen LogP contribution in [-0.4, -0.2) is 38.2 Å². The van der Waals surface area contributed by atoms with Crippen molar-refractivity contribution in [2.45, 2.75) is 32.4 Å². The van der Waals surface area contributed by atoms with Crippen molar-refractivity contribution in [2.75, 3.05) is 13.1 Å². The lowest BCUT2D eigenvalue weighted by Gasteiger charge is -2.34. The van der Waals surface area contributed by atoms with Gasteiger partial charge in [0.15, 0.2) is 0 Å². The predicted octanol–water partition coefficient (Wildman–Crippen LogP) is 0.823. The SMILES string of the molecule is CCn1nc2n(c(=O)c1=O)C[C@@H]1CCN(C(=O)c3cccc(F)c3)C[C@H]21. The van der Waals surface area contributed by atoms with Crippen molar-refractivity contribution in [3.63, 3.8) is 0 Å². The fourth-order valence-corrected chi connectivity index (χ4v) is 3.95. The molecule has 1 amide bonds. The van der Waals surface area contributed by atoms with Gasteiger partial charge in [0.2, 0.25) is 0 Å². The number of nitrogens with zero attached hydrogens (tertiary/aromatic N) is 4. The molecule has 4 rings (SSSR count). The fraction of sp³-hybridized carbons (Fsp3) is 0.444. The van der Waals surface area contributed by atoms with E-state index >= 15 is 0 Å². The number of fused-ring (bicyclic) bond motifs is 3. The Bertz CT molecular complexity index is 997. The summed E-state index contributed by atoms with van der Waals surface area (Å²) in [4.78, 5) is 38.7. The number of likely N-dealkylation sites (tertiary alicyclic amines) is 1. The van der Waals surface area contributed by atoms with Gasteiger partial charge >= 0.3 is 11.1 Å². The van der Waals surface area contributed by atoms with Crippen molar-refractivity contribution in [2.24, 2.45) is 5.92 Å². The highest BCUT2D eigenvalue weighted by atomic mass is 19.1. The van der Waals surface area contributed by atoms with Gasteiger partial charge in [-0.2, -0.15) is 5.10 Å². The minimum atomic E-state index is -0.609. The molecule has 26 heavy (non-hydrogen) atoms. The number of carbonyl (C=O) groups excluding carboxylic acids is 1. The molecule has 2 aromatic rings. The molecular weight excluding hydrogens is 339 g/mol. The molecule has 0 radical (unpaired) electrons. The molecule has 1 saturated heterocycles. The first-order valence-electron chi connectivity index (χ1n) is 8.76. The number of rotatable bonds is 2. The summed E-state index contributed by atoms with van der Waals surface area (Å²) in [6.07, 6.45) is 0.717. The van der Waals surface area contributed by atoms with Crippen LogP contribution in [0.4, 0.5) is 4.39 Å². The van der Waals surface area contributed by atoms with E-state index in [2.05, 4.69) is 5.10 Å². The molecule has 1 fully saturated rings. The standard InChI is InChI=1S/C18H19FN4O3/c1-2-23-18(26)17(25)22-9-12-6-7-21(10-14(12)15(22)20-23)16(24)11-4-3-5-13(19)8-11/h3-5,8,12,14H,2,6-7,9-10H2,1H3/t12-,14-/m0/s1. The van der Waals surface area contributed by atoms with E-state index < -0.39 is 16.9 Å². The maximum atomic E-state index is 13.4. The van der Waals surface area contributed by atoms with Crippen LogP contribution in [0, 0.1) is 11.7 Å². The number of carbonyl (C=O) groups is 1. The van der Waals surface area contributed by atoms with Gasteiger partial charge in [-0.15, -0.1) is 0 Å². The lowest BCUT2D eigenvalue weighted by Crippen LogP contribution is -2.44. The lowest BCUT2D eigenvalue weighted by atomic mass is 9.87. The smallest absolute Gasteiger partial charge is 0.332 e. The molecule has 0 N–H and O–H groups in total. The average molecular weight is 358 g/mol. The normalized spacial score (nSPS) is 21.4. The molecule has 3 heterocycles. The van der Waals surface area contributed by atoms with E-state index in [4.69, 9.17) is 0 Å². The largest absolute Gasteiger partial charge is 0.338 e. The van der Waals surface area contributed by atoms with Crippen molar-refractivity contribution in [3.8, 4) is 0 Å². The quantitative estimate of drug-likeness (QED) is 0.745. The molecule has 2 aliphatic heterocycles. The third kappa shape index (κ3) is 2.56. The highest BCUT2D eigenvalue weighted by molar-refractivity contribution is 5.94. The first-order valence-corrected chi connectivity index (χ1v) is 8.76. The number of piperidine rings is 1. The van der Waals surface area contributed by atoms with Gasteiger partial charge in [0.1, 0.15) is 11.6 Å². The Balaban J connectivity index is 1.66. The van der Waals surface area contributed by atoms with Crippen LogP contribution in [0.5, 0.6) is 0 Å². The van der Waals surface area contributed by atoms with Crippen LogP contribution >= 0.6 is 0 Å². The second-order valence-corrected chi connectivity index (χ2v) is 6.81. The highest BCUT2D eigenvalue weighted by Gasteiger charge is 2.41. The third-order valence-electron chi connectivity index (χ3n) is 5.33. The van der Waals surface area contributed by atoms with E-state index in [9.17, 15) is 18.8 Å². The van der Waals surface area contributed by atoms with Gasteiger partial charge < -0.3 is 4.90 Å². The fourth-order valence-electron chi connectivity index (χ4n) is 3.95. The summed E-state index contributed by atoms with van der Waals surface area (Å²) in [6.45, 7) is 3.50. The Morgan fingerprint density at radius 3 is 2.81 bits per heavy atom. The summed E-state index contributed by atoms with van der Waals surface area (Å²) in [7, 11) is 0. The van der Waals surface area contributed by atoms with Crippen LogP contribution in [0.1, 0.15) is 35.4 Å². The number of hydrogen-bond donors (Lipinski definition) is 0. The van der Waals surface area contributed by atoms with Gasteiger partial charge in [0.05, 0.1) is 0 Å². The van der Waals surface area contributed by atoms with Crippen LogP contribution in [-0.2, 0) is 13.1 Å². The molecular formula is C18H19FN4O3. The van der Waals surface area contributed by atoms with Crippen LogP contribution in [0.2, 0.25) is 0 Å². The predicted molar refractivity (Wildman–Crippen MR) is 91.6 cm³/mol. The van der Waals surface area contributed by atoms with Crippen LogP contribution in [0.3, 0.4) is 0 Å². The zero-order chi connectivity index (χ0) is 18.4. The second-order valence-electron chi connectivity index (χ2n) is 6.81. The minimum absolute atomic E-state index is 0.0904. The molecule has 0 bridgehead atoms. The van der Waals surface area contributed by atoms with Gasteiger partial charge in [0.25, 0.3) is 5.91 Å². The number of aryl methyl sites for hydroxylation is 1. The molecule has 2 aliphatic rings. The maximum Gasteiger partial charge on any atom is 0.332 e. The zero-order valence-corrected chi connectivity index (χ0v) is 14.4. The highest BCUT2D eigenvalue weighted by Crippen LogP contribution is 2.37. The second kappa shape index (κ2) is 6.19. The number of halogens is 1. The topological polar surface area (TPSA) is 77.2 Å². The Morgan fingerprint density at radius 1 is 1.27 bits per heavy atom. The number of hydrogen-bond acceptors (Lipinski definition) is 4. The molecule has 0 unspecified atom stereocenters. The molecule has 1 aromatic carbocycles. The molecule has 136 valence electrons. The van der Waals surface area contributed by atoms with Crippen LogP contribution in [0.25, 0.3) is 0 Å². The van der Waals surface area contributed by atoms with Crippen molar-refractivity contribution in [1.82, 2.24) is 19.2 Å². The minimum Gasteiger partial charge on any atom is -0.338 e. The van der Waals surface area contributed by atoms with Gasteiger partial charge in [-0.05, 0) is 37.5 Å². The molecule has 0 saturated carbocycles. The molecule has 8 heteroatoms. The van der Waals surface area contributed by atoms with Gasteiger partial charge in [-0.25, -0.2) is 9.07 Å². The van der Waals surface area contributed by atoms with E-state index in [1.54, 1.807) is 17.9 Å². The zero-order valence-electron chi connectivity index (χ0n) is 14.4. The summed E-state index contributed by atoms with van der Waals surface area (Å²) >= 11 is 0. The number of aromatic nitrogens is 3. The van der Waals surface area contributed by atoms with E-state index in [0.717, 1.165) is 6.42 Å². The van der Waals surface area contributed by atoms with E-state index in [0.29, 0.717) is 37.6 Å². The molecule has 1 aromatic heterocycles. The first kappa shape index (κ1) is 16.7. The Labute approximate surface area is 148 Å². The molecule has 7 nitrogen and oxygen atoms in total. The molecule has 2 atom stereocenters. The van der Waals surface area contributed by atoms with Crippen molar-refractivity contribution >= 4 is 5.91 Å². The van der Waals surface area contributed by atoms with Gasteiger partial charge in [0, 0.05) is 37.7 Å². The lowest BCUT2D eigenvalue weighted by molar-refractivity contribution is 0.0667. The van der Waals surface area contributed by atoms with E-state index in [1.807, 2.05) is 0 Å². The number of benzene rings is 1. The molecule has 0 spiro atoms. The summed E-state index contributed by atoms with van der Waals surface area (Å²) in [5, 5.41) is 4.37. The third-order valence-corrected chi connectivity index (χ3v) is 5.33. The van der Waals surface area contributed by atoms with Crippen molar-refractivity contribution in [3.05, 3.63) is 62.2 Å². The Kier molecular flexibility index (Phi) is 3.97.